The zero-order chi connectivity index (χ0) is 17.5. The molecular weight excluding hydrogens is 326 g/mol. The predicted octanol–water partition coefficient (Wildman–Crippen LogP) is 4.93. The summed E-state index contributed by atoms with van der Waals surface area (Å²) in [5, 5.41) is 12.7. The van der Waals surface area contributed by atoms with Crippen LogP contribution in [-0.4, -0.2) is 24.2 Å². The SMILES string of the molecule is Cc1ccc(OCCCCNc2c(Cl)cccc2C(=O)O)cc1C. The van der Waals surface area contributed by atoms with Gasteiger partial charge in [-0.05, 0) is 62.1 Å². The van der Waals surface area contributed by atoms with Gasteiger partial charge < -0.3 is 15.2 Å². The lowest BCUT2D eigenvalue weighted by Gasteiger charge is -2.12. The van der Waals surface area contributed by atoms with Crippen LogP contribution in [0.15, 0.2) is 36.4 Å². The third-order valence-electron chi connectivity index (χ3n) is 3.86. The molecule has 0 spiro atoms. The van der Waals surface area contributed by atoms with Crippen LogP contribution in [0.1, 0.15) is 34.3 Å². The van der Waals surface area contributed by atoms with Crippen molar-refractivity contribution in [2.45, 2.75) is 26.7 Å². The van der Waals surface area contributed by atoms with E-state index in [1.165, 1.54) is 11.1 Å². The minimum atomic E-state index is -0.988. The van der Waals surface area contributed by atoms with Crippen molar-refractivity contribution in [2.24, 2.45) is 0 Å². The van der Waals surface area contributed by atoms with Crippen LogP contribution in [0.4, 0.5) is 5.69 Å². The van der Waals surface area contributed by atoms with Crippen LogP contribution in [0.2, 0.25) is 5.02 Å². The fraction of sp³-hybridized carbons (Fsp3) is 0.316. The van der Waals surface area contributed by atoms with Crippen molar-refractivity contribution in [1.29, 1.82) is 0 Å². The average Bonchev–Trinajstić information content (AvgIpc) is 2.55. The molecule has 5 heteroatoms. The first-order chi connectivity index (χ1) is 11.5. The molecule has 0 aromatic heterocycles. The number of hydrogen-bond donors (Lipinski definition) is 2. The van der Waals surface area contributed by atoms with Crippen molar-refractivity contribution in [3.8, 4) is 5.75 Å². The number of carboxylic acids is 1. The van der Waals surface area contributed by atoms with E-state index in [1.54, 1.807) is 18.2 Å². The van der Waals surface area contributed by atoms with E-state index >= 15 is 0 Å². The molecule has 0 bridgehead atoms. The molecule has 2 aromatic rings. The van der Waals surface area contributed by atoms with Gasteiger partial charge in [0.05, 0.1) is 22.9 Å². The summed E-state index contributed by atoms with van der Waals surface area (Å²) < 4.78 is 5.73. The van der Waals surface area contributed by atoms with E-state index < -0.39 is 5.97 Å². The Morgan fingerprint density at radius 2 is 1.96 bits per heavy atom. The lowest BCUT2D eigenvalue weighted by atomic mass is 10.1. The zero-order valence-electron chi connectivity index (χ0n) is 13.9. The number of unbranched alkanes of at least 4 members (excludes halogenated alkanes) is 1. The molecule has 24 heavy (non-hydrogen) atoms. The number of benzene rings is 2. The summed E-state index contributed by atoms with van der Waals surface area (Å²) in [5.74, 6) is -0.108. The second-order valence-corrected chi connectivity index (χ2v) is 6.10. The summed E-state index contributed by atoms with van der Waals surface area (Å²) in [5.41, 5.74) is 3.13. The van der Waals surface area contributed by atoms with Gasteiger partial charge in [-0.25, -0.2) is 4.79 Å². The third kappa shape index (κ3) is 4.90. The van der Waals surface area contributed by atoms with Gasteiger partial charge in [0.1, 0.15) is 5.75 Å². The van der Waals surface area contributed by atoms with E-state index in [-0.39, 0.29) is 5.56 Å². The number of ether oxygens (including phenoxy) is 1. The first kappa shape index (κ1) is 18.1. The number of carbonyl (C=O) groups is 1. The highest BCUT2D eigenvalue weighted by molar-refractivity contribution is 6.34. The normalized spacial score (nSPS) is 10.5. The Hall–Kier alpha value is -2.20. The number of halogens is 1. The number of rotatable bonds is 8. The molecule has 0 aliphatic heterocycles. The first-order valence-electron chi connectivity index (χ1n) is 7.95. The summed E-state index contributed by atoms with van der Waals surface area (Å²) >= 11 is 6.07. The number of aromatic carboxylic acids is 1. The van der Waals surface area contributed by atoms with Crippen molar-refractivity contribution < 1.29 is 14.6 Å². The monoisotopic (exact) mass is 347 g/mol. The van der Waals surface area contributed by atoms with E-state index in [0.717, 1.165) is 18.6 Å². The summed E-state index contributed by atoms with van der Waals surface area (Å²) in [6.45, 7) is 5.40. The standard InChI is InChI=1S/C19H22ClNO3/c1-13-8-9-15(12-14(13)2)24-11-4-3-10-21-18-16(19(22)23)6-5-7-17(18)20/h5-9,12,21H,3-4,10-11H2,1-2H3,(H,22,23). The van der Waals surface area contributed by atoms with Crippen molar-refractivity contribution in [3.63, 3.8) is 0 Å². The van der Waals surface area contributed by atoms with Crippen molar-refractivity contribution in [1.82, 2.24) is 0 Å². The maximum absolute atomic E-state index is 11.2. The average molecular weight is 348 g/mol. The smallest absolute Gasteiger partial charge is 0.337 e. The first-order valence-corrected chi connectivity index (χ1v) is 8.32. The largest absolute Gasteiger partial charge is 0.494 e. The van der Waals surface area contributed by atoms with Gasteiger partial charge in [-0.15, -0.1) is 0 Å². The fourth-order valence-corrected chi connectivity index (χ4v) is 2.56. The Bertz CT molecular complexity index is 716. The minimum Gasteiger partial charge on any atom is -0.494 e. The Balaban J connectivity index is 1.76. The number of para-hydroxylation sites is 1. The number of hydrogen-bond acceptors (Lipinski definition) is 3. The Kier molecular flexibility index (Phi) is 6.50. The topological polar surface area (TPSA) is 58.6 Å². The lowest BCUT2D eigenvalue weighted by Crippen LogP contribution is -2.09. The van der Waals surface area contributed by atoms with Crippen molar-refractivity contribution in [3.05, 3.63) is 58.1 Å². The van der Waals surface area contributed by atoms with E-state index in [1.807, 2.05) is 12.1 Å². The Labute approximate surface area is 147 Å². The van der Waals surface area contributed by atoms with Crippen molar-refractivity contribution in [2.75, 3.05) is 18.5 Å². The quantitative estimate of drug-likeness (QED) is 0.665. The fourth-order valence-electron chi connectivity index (χ4n) is 2.32. The van der Waals surface area contributed by atoms with E-state index in [0.29, 0.717) is 23.9 Å². The molecule has 2 aromatic carbocycles. The second kappa shape index (κ2) is 8.60. The highest BCUT2D eigenvalue weighted by atomic mass is 35.5. The molecule has 0 aliphatic carbocycles. The molecule has 0 atom stereocenters. The summed E-state index contributed by atoms with van der Waals surface area (Å²) in [6.07, 6.45) is 1.72. The van der Waals surface area contributed by atoms with E-state index in [4.69, 9.17) is 16.3 Å². The van der Waals surface area contributed by atoms with Gasteiger partial charge >= 0.3 is 5.97 Å². The molecule has 2 rings (SSSR count). The van der Waals surface area contributed by atoms with Crippen LogP contribution in [0, 0.1) is 13.8 Å². The van der Waals surface area contributed by atoms with Gasteiger partial charge in [0, 0.05) is 6.54 Å². The molecule has 0 amide bonds. The molecular formula is C19H22ClNO3. The molecule has 0 unspecified atom stereocenters. The van der Waals surface area contributed by atoms with Crippen LogP contribution in [0.3, 0.4) is 0 Å². The molecule has 2 N–H and O–H groups in total. The van der Waals surface area contributed by atoms with Gasteiger partial charge in [-0.2, -0.15) is 0 Å². The number of carboxylic acid groups (broad SMARTS) is 1. The predicted molar refractivity (Wildman–Crippen MR) is 97.5 cm³/mol. The zero-order valence-corrected chi connectivity index (χ0v) is 14.7. The molecule has 0 saturated heterocycles. The third-order valence-corrected chi connectivity index (χ3v) is 4.18. The van der Waals surface area contributed by atoms with Gasteiger partial charge in [-0.1, -0.05) is 23.7 Å². The van der Waals surface area contributed by atoms with Crippen LogP contribution >= 0.6 is 11.6 Å². The van der Waals surface area contributed by atoms with E-state index in [9.17, 15) is 9.90 Å². The van der Waals surface area contributed by atoms with Gasteiger partial charge in [0.25, 0.3) is 0 Å². The number of nitrogens with one attached hydrogen (secondary N) is 1. The minimum absolute atomic E-state index is 0.189. The second-order valence-electron chi connectivity index (χ2n) is 5.70. The summed E-state index contributed by atoms with van der Waals surface area (Å²) in [7, 11) is 0. The molecule has 4 nitrogen and oxygen atoms in total. The van der Waals surface area contributed by atoms with Crippen LogP contribution in [0.25, 0.3) is 0 Å². The summed E-state index contributed by atoms with van der Waals surface area (Å²) in [6, 6.07) is 10.9. The number of aryl methyl sites for hydroxylation is 2. The number of anilines is 1. The summed E-state index contributed by atoms with van der Waals surface area (Å²) in [4.78, 5) is 11.2. The maximum atomic E-state index is 11.2. The van der Waals surface area contributed by atoms with Gasteiger partial charge in [-0.3, -0.25) is 0 Å². The van der Waals surface area contributed by atoms with Gasteiger partial charge in [0.2, 0.25) is 0 Å². The molecule has 128 valence electrons. The molecule has 0 heterocycles. The van der Waals surface area contributed by atoms with Crippen LogP contribution in [-0.2, 0) is 0 Å². The van der Waals surface area contributed by atoms with E-state index in [2.05, 4.69) is 25.2 Å². The molecule has 0 fully saturated rings. The highest BCUT2D eigenvalue weighted by Gasteiger charge is 2.12. The molecule has 0 saturated carbocycles. The van der Waals surface area contributed by atoms with Crippen LogP contribution < -0.4 is 10.1 Å². The highest BCUT2D eigenvalue weighted by Crippen LogP contribution is 2.26. The van der Waals surface area contributed by atoms with Gasteiger partial charge in [0.15, 0.2) is 0 Å². The Morgan fingerprint density at radius 1 is 1.17 bits per heavy atom. The molecule has 0 aliphatic rings. The van der Waals surface area contributed by atoms with Crippen molar-refractivity contribution >= 4 is 23.3 Å². The Morgan fingerprint density at radius 3 is 2.67 bits per heavy atom. The maximum Gasteiger partial charge on any atom is 0.337 e. The lowest BCUT2D eigenvalue weighted by molar-refractivity contribution is 0.0698. The molecule has 0 radical (unpaired) electrons. The van der Waals surface area contributed by atoms with Crippen LogP contribution in [0.5, 0.6) is 5.75 Å².